The maximum absolute atomic E-state index is 13.6. The van der Waals surface area contributed by atoms with Crippen LogP contribution in [0.1, 0.15) is 29.6 Å². The fourth-order valence-electron chi connectivity index (χ4n) is 2.60. The Morgan fingerprint density at radius 1 is 1.23 bits per heavy atom. The molecular weight excluding hydrogens is 402 g/mol. The highest BCUT2D eigenvalue weighted by atomic mass is 35.5. The quantitative estimate of drug-likeness (QED) is 0.564. The molecule has 0 unspecified atom stereocenters. The Hall–Kier alpha value is -1.29. The highest BCUT2D eigenvalue weighted by molar-refractivity contribution is 8.01. The van der Waals surface area contributed by atoms with Crippen molar-refractivity contribution < 1.29 is 13.6 Å². The van der Waals surface area contributed by atoms with E-state index >= 15 is 0 Å². The lowest BCUT2D eigenvalue weighted by Gasteiger charge is -2.25. The standard InChI is InChI=1S/C16H18F2N4OS2.ClH/c17-11-4-5-12(13(18)10-11)14(23)19-15-20-21-16(25-15)24-9-8-22-6-2-1-3-7-22;/h4-5,10H,1-3,6-9H2,(H,19,20,23);1H. The molecule has 0 radical (unpaired) electrons. The van der Waals surface area contributed by atoms with E-state index in [1.807, 2.05) is 0 Å². The number of amides is 1. The summed E-state index contributed by atoms with van der Waals surface area (Å²) in [6.45, 7) is 3.31. The third-order valence-electron chi connectivity index (χ3n) is 3.88. The third kappa shape index (κ3) is 5.87. The highest BCUT2D eigenvalue weighted by Gasteiger charge is 2.15. The van der Waals surface area contributed by atoms with Gasteiger partial charge in [-0.1, -0.05) is 29.5 Å². The van der Waals surface area contributed by atoms with Gasteiger partial charge in [0.25, 0.3) is 5.91 Å². The van der Waals surface area contributed by atoms with Gasteiger partial charge in [0.15, 0.2) is 4.34 Å². The molecule has 1 aromatic heterocycles. The number of hydrogen-bond donors (Lipinski definition) is 1. The molecule has 26 heavy (non-hydrogen) atoms. The van der Waals surface area contributed by atoms with Crippen molar-refractivity contribution in [2.75, 3.05) is 30.7 Å². The van der Waals surface area contributed by atoms with E-state index in [1.54, 1.807) is 11.8 Å². The smallest absolute Gasteiger partial charge is 0.260 e. The van der Waals surface area contributed by atoms with E-state index in [1.165, 1.54) is 30.6 Å². The number of halogens is 3. The molecular formula is C16H19ClF2N4OS2. The van der Waals surface area contributed by atoms with Gasteiger partial charge in [0.2, 0.25) is 5.13 Å². The van der Waals surface area contributed by atoms with E-state index in [2.05, 4.69) is 20.4 Å². The molecule has 1 aromatic carbocycles. The average molecular weight is 421 g/mol. The molecule has 0 aliphatic carbocycles. The summed E-state index contributed by atoms with van der Waals surface area (Å²) in [5, 5.41) is 10.7. The highest BCUT2D eigenvalue weighted by Crippen LogP contribution is 2.26. The van der Waals surface area contributed by atoms with E-state index in [9.17, 15) is 13.6 Å². The van der Waals surface area contributed by atoms with Gasteiger partial charge in [0, 0.05) is 18.4 Å². The number of hydrogen-bond acceptors (Lipinski definition) is 6. The summed E-state index contributed by atoms with van der Waals surface area (Å²) in [5.74, 6) is -1.39. The number of anilines is 1. The molecule has 10 heteroatoms. The molecule has 0 spiro atoms. The number of nitrogens with zero attached hydrogens (tertiary/aromatic N) is 3. The second kappa shape index (κ2) is 10.1. The van der Waals surface area contributed by atoms with Gasteiger partial charge < -0.3 is 4.90 Å². The number of likely N-dealkylation sites (tertiary alicyclic amines) is 1. The maximum Gasteiger partial charge on any atom is 0.260 e. The fourth-order valence-corrected chi connectivity index (χ4v) is 4.42. The zero-order chi connectivity index (χ0) is 17.6. The number of aromatic nitrogens is 2. The van der Waals surface area contributed by atoms with Crippen molar-refractivity contribution in [2.45, 2.75) is 23.6 Å². The Balaban J connectivity index is 0.00000243. The van der Waals surface area contributed by atoms with Crippen LogP contribution in [0.5, 0.6) is 0 Å². The van der Waals surface area contributed by atoms with Gasteiger partial charge in [-0.15, -0.1) is 22.6 Å². The summed E-state index contributed by atoms with van der Waals surface area (Å²) in [6, 6.07) is 2.83. The van der Waals surface area contributed by atoms with Crippen LogP contribution >= 0.6 is 35.5 Å². The van der Waals surface area contributed by atoms with Crippen molar-refractivity contribution in [3.05, 3.63) is 35.4 Å². The zero-order valence-corrected chi connectivity index (χ0v) is 16.4. The molecule has 2 heterocycles. The number of thioether (sulfide) groups is 1. The number of carbonyl (C=O) groups is 1. The third-order valence-corrected chi connectivity index (χ3v) is 5.84. The normalized spacial score (nSPS) is 14.7. The molecule has 3 rings (SSSR count). The van der Waals surface area contributed by atoms with Gasteiger partial charge in [-0.3, -0.25) is 10.1 Å². The molecule has 5 nitrogen and oxygen atoms in total. The first-order chi connectivity index (χ1) is 12.1. The van der Waals surface area contributed by atoms with Crippen molar-refractivity contribution in [1.29, 1.82) is 0 Å². The first-order valence-electron chi connectivity index (χ1n) is 8.07. The van der Waals surface area contributed by atoms with Crippen molar-refractivity contribution in [3.8, 4) is 0 Å². The van der Waals surface area contributed by atoms with Crippen LogP contribution in [0.4, 0.5) is 13.9 Å². The van der Waals surface area contributed by atoms with E-state index in [0.29, 0.717) is 11.2 Å². The molecule has 2 aromatic rings. The molecule has 1 N–H and O–H groups in total. The summed E-state index contributed by atoms with van der Waals surface area (Å²) in [6.07, 6.45) is 3.84. The number of carbonyl (C=O) groups excluding carboxylic acids is 1. The predicted molar refractivity (Wildman–Crippen MR) is 102 cm³/mol. The minimum atomic E-state index is -0.904. The fraction of sp³-hybridized carbons (Fsp3) is 0.438. The Morgan fingerprint density at radius 2 is 2.00 bits per heavy atom. The van der Waals surface area contributed by atoms with Gasteiger partial charge >= 0.3 is 0 Å². The van der Waals surface area contributed by atoms with Gasteiger partial charge in [0.05, 0.1) is 5.56 Å². The van der Waals surface area contributed by atoms with Crippen LogP contribution in [0.3, 0.4) is 0 Å². The molecule has 1 fully saturated rings. The van der Waals surface area contributed by atoms with Gasteiger partial charge in [0.1, 0.15) is 11.6 Å². The number of piperidine rings is 1. The van der Waals surface area contributed by atoms with Crippen LogP contribution < -0.4 is 5.32 Å². The van der Waals surface area contributed by atoms with Crippen molar-refractivity contribution >= 4 is 46.5 Å². The molecule has 1 saturated heterocycles. The van der Waals surface area contributed by atoms with Crippen LogP contribution in [0.25, 0.3) is 0 Å². The van der Waals surface area contributed by atoms with Crippen LogP contribution in [0, 0.1) is 11.6 Å². The SMILES string of the molecule is Cl.O=C(Nc1nnc(SCCN2CCCCC2)s1)c1ccc(F)cc1F. The second-order valence-electron chi connectivity index (χ2n) is 5.70. The summed E-state index contributed by atoms with van der Waals surface area (Å²) in [4.78, 5) is 14.5. The van der Waals surface area contributed by atoms with Crippen molar-refractivity contribution in [3.63, 3.8) is 0 Å². The first kappa shape index (κ1) is 21.0. The topological polar surface area (TPSA) is 58.1 Å². The van der Waals surface area contributed by atoms with Crippen LogP contribution in [0.2, 0.25) is 0 Å². The second-order valence-corrected chi connectivity index (χ2v) is 8.02. The lowest BCUT2D eigenvalue weighted by atomic mass is 10.1. The first-order valence-corrected chi connectivity index (χ1v) is 9.87. The van der Waals surface area contributed by atoms with Gasteiger partial charge in [-0.25, -0.2) is 8.78 Å². The summed E-state index contributed by atoms with van der Waals surface area (Å²) in [5.41, 5.74) is -0.226. The molecule has 1 aliphatic rings. The summed E-state index contributed by atoms with van der Waals surface area (Å²) < 4.78 is 27.3. The maximum atomic E-state index is 13.6. The van der Waals surface area contributed by atoms with Crippen LogP contribution in [-0.2, 0) is 0 Å². The number of benzene rings is 1. The Kier molecular flexibility index (Phi) is 8.20. The van der Waals surface area contributed by atoms with Crippen LogP contribution in [-0.4, -0.2) is 46.4 Å². The summed E-state index contributed by atoms with van der Waals surface area (Å²) >= 11 is 2.84. The monoisotopic (exact) mass is 420 g/mol. The molecule has 142 valence electrons. The van der Waals surface area contributed by atoms with E-state index in [-0.39, 0.29) is 18.0 Å². The van der Waals surface area contributed by atoms with E-state index < -0.39 is 17.5 Å². The van der Waals surface area contributed by atoms with Crippen molar-refractivity contribution in [2.24, 2.45) is 0 Å². The lowest BCUT2D eigenvalue weighted by Crippen LogP contribution is -2.31. The molecule has 1 amide bonds. The largest absolute Gasteiger partial charge is 0.303 e. The zero-order valence-electron chi connectivity index (χ0n) is 13.9. The Bertz CT molecular complexity index is 741. The van der Waals surface area contributed by atoms with Crippen LogP contribution in [0.15, 0.2) is 22.5 Å². The predicted octanol–water partition coefficient (Wildman–Crippen LogP) is 4.07. The number of rotatable bonds is 6. The minimum absolute atomic E-state index is 0. The Labute approximate surface area is 165 Å². The Morgan fingerprint density at radius 3 is 2.73 bits per heavy atom. The molecule has 1 aliphatic heterocycles. The minimum Gasteiger partial charge on any atom is -0.303 e. The molecule has 0 atom stereocenters. The molecule has 0 saturated carbocycles. The van der Waals surface area contributed by atoms with E-state index in [0.717, 1.165) is 41.9 Å². The van der Waals surface area contributed by atoms with Gasteiger partial charge in [-0.05, 0) is 38.1 Å². The van der Waals surface area contributed by atoms with E-state index in [4.69, 9.17) is 0 Å². The van der Waals surface area contributed by atoms with Crippen molar-refractivity contribution in [1.82, 2.24) is 15.1 Å². The molecule has 0 bridgehead atoms. The summed E-state index contributed by atoms with van der Waals surface area (Å²) in [7, 11) is 0. The lowest BCUT2D eigenvalue weighted by molar-refractivity contribution is 0.102. The van der Waals surface area contributed by atoms with Gasteiger partial charge in [-0.2, -0.15) is 0 Å². The number of nitrogens with one attached hydrogen (secondary N) is 1. The average Bonchev–Trinajstić information content (AvgIpc) is 3.03.